The molecule has 2 aromatic rings. The molecule has 126 valence electrons. The quantitative estimate of drug-likeness (QED) is 0.854. The van der Waals surface area contributed by atoms with Gasteiger partial charge in [0.2, 0.25) is 0 Å². The molecule has 1 aliphatic rings. The maximum Gasteiger partial charge on any atom is 0.335 e. The van der Waals surface area contributed by atoms with Gasteiger partial charge < -0.3 is 9.84 Å². The van der Waals surface area contributed by atoms with E-state index in [1.54, 1.807) is 18.2 Å². The summed E-state index contributed by atoms with van der Waals surface area (Å²) in [6, 6.07) is 15.6. The molecule has 1 heterocycles. The fourth-order valence-electron chi connectivity index (χ4n) is 3.12. The Morgan fingerprint density at radius 2 is 2.04 bits per heavy atom. The SMILES string of the molecule is CC1C(c2ccc(Br)cc2)OCCN1Cc1cccc(C(=O)O)c1. The molecular formula is C19H20BrNO3. The highest BCUT2D eigenvalue weighted by Gasteiger charge is 2.30. The minimum atomic E-state index is -0.889. The number of hydrogen-bond acceptors (Lipinski definition) is 3. The minimum absolute atomic E-state index is 0.0227. The van der Waals surface area contributed by atoms with E-state index in [2.05, 4.69) is 39.9 Å². The number of hydrogen-bond donors (Lipinski definition) is 1. The number of benzene rings is 2. The second-order valence-electron chi connectivity index (χ2n) is 6.06. The summed E-state index contributed by atoms with van der Waals surface area (Å²) in [5, 5.41) is 9.14. The summed E-state index contributed by atoms with van der Waals surface area (Å²) in [4.78, 5) is 13.5. The highest BCUT2D eigenvalue weighted by molar-refractivity contribution is 9.10. The molecule has 5 heteroatoms. The number of rotatable bonds is 4. The van der Waals surface area contributed by atoms with Gasteiger partial charge in [-0.25, -0.2) is 4.79 Å². The zero-order chi connectivity index (χ0) is 17.1. The van der Waals surface area contributed by atoms with Gasteiger partial charge in [0.1, 0.15) is 0 Å². The van der Waals surface area contributed by atoms with E-state index in [4.69, 9.17) is 9.84 Å². The first-order valence-corrected chi connectivity index (χ1v) is 8.77. The Bertz CT molecular complexity index is 717. The van der Waals surface area contributed by atoms with Gasteiger partial charge in [0, 0.05) is 23.6 Å². The van der Waals surface area contributed by atoms with Crippen molar-refractivity contribution < 1.29 is 14.6 Å². The molecule has 0 saturated carbocycles. The third-order valence-corrected chi connectivity index (χ3v) is 4.98. The Kier molecular flexibility index (Phi) is 5.33. The van der Waals surface area contributed by atoms with Crippen LogP contribution in [0.2, 0.25) is 0 Å². The Hall–Kier alpha value is -1.69. The van der Waals surface area contributed by atoms with Gasteiger partial charge in [0.15, 0.2) is 0 Å². The van der Waals surface area contributed by atoms with Gasteiger partial charge in [-0.3, -0.25) is 4.90 Å². The number of aromatic carboxylic acids is 1. The van der Waals surface area contributed by atoms with Crippen molar-refractivity contribution in [2.75, 3.05) is 13.2 Å². The lowest BCUT2D eigenvalue weighted by Gasteiger charge is -2.39. The molecule has 2 atom stereocenters. The predicted molar refractivity (Wildman–Crippen MR) is 96.1 cm³/mol. The third-order valence-electron chi connectivity index (χ3n) is 4.45. The molecule has 1 fully saturated rings. The van der Waals surface area contributed by atoms with Crippen LogP contribution >= 0.6 is 15.9 Å². The van der Waals surface area contributed by atoms with Crippen LogP contribution in [0.5, 0.6) is 0 Å². The highest BCUT2D eigenvalue weighted by atomic mass is 79.9. The van der Waals surface area contributed by atoms with E-state index in [-0.39, 0.29) is 12.1 Å². The average molecular weight is 390 g/mol. The highest BCUT2D eigenvalue weighted by Crippen LogP contribution is 2.30. The fourth-order valence-corrected chi connectivity index (χ4v) is 3.38. The zero-order valence-electron chi connectivity index (χ0n) is 13.5. The standard InChI is InChI=1S/C19H20BrNO3/c1-13-18(15-5-7-17(20)8-6-15)24-10-9-21(13)12-14-3-2-4-16(11-14)19(22)23/h2-8,11,13,18H,9-10,12H2,1H3,(H,22,23). The lowest BCUT2D eigenvalue weighted by molar-refractivity contribution is -0.0702. The van der Waals surface area contributed by atoms with Crippen LogP contribution < -0.4 is 0 Å². The largest absolute Gasteiger partial charge is 0.478 e. The molecule has 4 nitrogen and oxygen atoms in total. The molecule has 1 N–H and O–H groups in total. The number of carboxylic acid groups (broad SMARTS) is 1. The molecular weight excluding hydrogens is 370 g/mol. The van der Waals surface area contributed by atoms with Crippen LogP contribution in [-0.2, 0) is 11.3 Å². The molecule has 0 bridgehead atoms. The van der Waals surface area contributed by atoms with E-state index in [1.165, 1.54) is 0 Å². The van der Waals surface area contributed by atoms with Gasteiger partial charge in [-0.2, -0.15) is 0 Å². The van der Waals surface area contributed by atoms with E-state index < -0.39 is 5.97 Å². The van der Waals surface area contributed by atoms with Crippen molar-refractivity contribution in [2.24, 2.45) is 0 Å². The molecule has 0 aliphatic carbocycles. The van der Waals surface area contributed by atoms with E-state index >= 15 is 0 Å². The van der Waals surface area contributed by atoms with E-state index in [0.29, 0.717) is 12.2 Å². The van der Waals surface area contributed by atoms with Gasteiger partial charge >= 0.3 is 5.97 Å². The lowest BCUT2D eigenvalue weighted by Crippen LogP contribution is -2.44. The smallest absolute Gasteiger partial charge is 0.335 e. The van der Waals surface area contributed by atoms with Crippen molar-refractivity contribution in [3.8, 4) is 0 Å². The number of nitrogens with zero attached hydrogens (tertiary/aromatic N) is 1. The van der Waals surface area contributed by atoms with Crippen LogP contribution in [0, 0.1) is 0 Å². The van der Waals surface area contributed by atoms with Crippen molar-refractivity contribution >= 4 is 21.9 Å². The molecule has 24 heavy (non-hydrogen) atoms. The second kappa shape index (κ2) is 7.47. The Balaban J connectivity index is 1.75. The summed E-state index contributed by atoms with van der Waals surface area (Å²) in [5.74, 6) is -0.889. The predicted octanol–water partition coefficient (Wildman–Crippen LogP) is 4.11. The summed E-state index contributed by atoms with van der Waals surface area (Å²) in [7, 11) is 0. The van der Waals surface area contributed by atoms with Gasteiger partial charge in [-0.1, -0.05) is 40.2 Å². The molecule has 1 aliphatic heterocycles. The van der Waals surface area contributed by atoms with Gasteiger partial charge in [-0.15, -0.1) is 0 Å². The normalized spacial score (nSPS) is 21.6. The van der Waals surface area contributed by atoms with Crippen molar-refractivity contribution in [1.29, 1.82) is 0 Å². The van der Waals surface area contributed by atoms with E-state index in [1.807, 2.05) is 18.2 Å². The molecule has 2 aromatic carbocycles. The van der Waals surface area contributed by atoms with E-state index in [9.17, 15) is 4.79 Å². The summed E-state index contributed by atoms with van der Waals surface area (Å²) < 4.78 is 7.05. The molecule has 0 radical (unpaired) electrons. The summed E-state index contributed by atoms with van der Waals surface area (Å²) in [6.45, 7) is 4.39. The average Bonchev–Trinajstić information content (AvgIpc) is 2.58. The van der Waals surface area contributed by atoms with Crippen LogP contribution in [0.15, 0.2) is 53.0 Å². The minimum Gasteiger partial charge on any atom is -0.478 e. The van der Waals surface area contributed by atoms with Crippen molar-refractivity contribution in [3.05, 3.63) is 69.7 Å². The van der Waals surface area contributed by atoms with Gasteiger partial charge in [-0.05, 0) is 42.3 Å². The third kappa shape index (κ3) is 3.86. The second-order valence-corrected chi connectivity index (χ2v) is 6.98. The molecule has 2 unspecified atom stereocenters. The Labute approximate surface area is 150 Å². The van der Waals surface area contributed by atoms with Gasteiger partial charge in [0.25, 0.3) is 0 Å². The topological polar surface area (TPSA) is 49.8 Å². The van der Waals surface area contributed by atoms with Crippen molar-refractivity contribution in [3.63, 3.8) is 0 Å². The van der Waals surface area contributed by atoms with Crippen LogP contribution in [0.3, 0.4) is 0 Å². The van der Waals surface area contributed by atoms with Gasteiger partial charge in [0.05, 0.1) is 18.3 Å². The van der Waals surface area contributed by atoms with Crippen LogP contribution in [0.1, 0.15) is 34.5 Å². The number of ether oxygens (including phenoxy) is 1. The zero-order valence-corrected chi connectivity index (χ0v) is 15.1. The molecule has 0 aromatic heterocycles. The Morgan fingerprint density at radius 3 is 2.75 bits per heavy atom. The summed E-state index contributed by atoms with van der Waals surface area (Å²) in [5.41, 5.74) is 2.51. The molecule has 1 saturated heterocycles. The monoisotopic (exact) mass is 389 g/mol. The summed E-state index contributed by atoms with van der Waals surface area (Å²) in [6.07, 6.45) is 0.0227. The molecule has 0 amide bonds. The first kappa shape index (κ1) is 17.1. The van der Waals surface area contributed by atoms with Crippen LogP contribution in [0.4, 0.5) is 0 Å². The van der Waals surface area contributed by atoms with E-state index in [0.717, 1.165) is 28.7 Å². The summed E-state index contributed by atoms with van der Waals surface area (Å²) >= 11 is 3.46. The number of morpholine rings is 1. The molecule has 0 spiro atoms. The Morgan fingerprint density at radius 1 is 1.29 bits per heavy atom. The number of carboxylic acids is 1. The fraction of sp³-hybridized carbons (Fsp3) is 0.316. The molecule has 3 rings (SSSR count). The number of carbonyl (C=O) groups is 1. The van der Waals surface area contributed by atoms with Crippen LogP contribution in [-0.4, -0.2) is 35.2 Å². The first-order chi connectivity index (χ1) is 11.5. The number of halogens is 1. The maximum absolute atomic E-state index is 11.1. The van der Waals surface area contributed by atoms with Crippen LogP contribution in [0.25, 0.3) is 0 Å². The van der Waals surface area contributed by atoms with Crippen molar-refractivity contribution in [1.82, 2.24) is 4.90 Å². The maximum atomic E-state index is 11.1. The first-order valence-electron chi connectivity index (χ1n) is 7.98. The van der Waals surface area contributed by atoms with Crippen molar-refractivity contribution in [2.45, 2.75) is 25.6 Å². The lowest BCUT2D eigenvalue weighted by atomic mass is 9.99.